The molecule has 2 aliphatic rings. The number of carboxylic acids is 1. The van der Waals surface area contributed by atoms with Gasteiger partial charge in [-0.3, -0.25) is 14.4 Å². The lowest BCUT2D eigenvalue weighted by Gasteiger charge is -2.41. The Morgan fingerprint density at radius 2 is 2.06 bits per heavy atom. The maximum Gasteiger partial charge on any atom is 0.490 e. The minimum Gasteiger partial charge on any atom is -0.475 e. The number of aromatic nitrogens is 2. The molecule has 2 aromatic rings. The van der Waals surface area contributed by atoms with Crippen LogP contribution in [-0.2, 0) is 23.2 Å². The summed E-state index contributed by atoms with van der Waals surface area (Å²) in [5, 5.41) is 13.6. The molecule has 0 unspecified atom stereocenters. The summed E-state index contributed by atoms with van der Waals surface area (Å²) < 4.78 is 33.7. The molecule has 2 aromatic heterocycles. The van der Waals surface area contributed by atoms with Gasteiger partial charge in [0.1, 0.15) is 0 Å². The van der Waals surface area contributed by atoms with Gasteiger partial charge in [-0.2, -0.15) is 18.3 Å². The number of aryl methyl sites for hydroxylation is 1. The van der Waals surface area contributed by atoms with Gasteiger partial charge in [-0.15, -0.1) is 11.3 Å². The van der Waals surface area contributed by atoms with Gasteiger partial charge >= 0.3 is 12.1 Å². The van der Waals surface area contributed by atoms with E-state index in [0.717, 1.165) is 39.0 Å². The lowest BCUT2D eigenvalue weighted by Crippen LogP contribution is -2.50. The van der Waals surface area contributed by atoms with Crippen LogP contribution in [0.5, 0.6) is 0 Å². The summed E-state index contributed by atoms with van der Waals surface area (Å²) in [5.41, 5.74) is 0.894. The molecule has 2 aliphatic heterocycles. The first-order chi connectivity index (χ1) is 14.5. The fourth-order valence-corrected chi connectivity index (χ4v) is 5.29. The molecule has 1 amide bonds. The van der Waals surface area contributed by atoms with Crippen molar-refractivity contribution < 1.29 is 27.9 Å². The molecule has 31 heavy (non-hydrogen) atoms. The quantitative estimate of drug-likeness (QED) is 0.765. The Morgan fingerprint density at radius 3 is 2.61 bits per heavy atom. The maximum atomic E-state index is 13.2. The first kappa shape index (κ1) is 23.3. The minimum absolute atomic E-state index is 0.222. The molecule has 2 atom stereocenters. The van der Waals surface area contributed by atoms with Crippen LogP contribution in [0.4, 0.5) is 13.2 Å². The van der Waals surface area contributed by atoms with Crippen molar-refractivity contribution in [2.75, 3.05) is 26.7 Å². The first-order valence-corrected chi connectivity index (χ1v) is 10.7. The van der Waals surface area contributed by atoms with Gasteiger partial charge in [0.05, 0.1) is 5.41 Å². The van der Waals surface area contributed by atoms with E-state index in [2.05, 4.69) is 33.6 Å². The second kappa shape index (κ2) is 8.99. The zero-order chi connectivity index (χ0) is 22.8. The lowest BCUT2D eigenvalue weighted by atomic mass is 9.70. The molecular weight excluding hydrogens is 433 g/mol. The van der Waals surface area contributed by atoms with Crippen LogP contribution in [0.3, 0.4) is 0 Å². The van der Waals surface area contributed by atoms with E-state index >= 15 is 0 Å². The van der Waals surface area contributed by atoms with Crippen LogP contribution in [0, 0.1) is 5.41 Å². The molecule has 0 radical (unpaired) electrons. The van der Waals surface area contributed by atoms with E-state index in [1.807, 2.05) is 29.9 Å². The minimum atomic E-state index is -5.08. The number of likely N-dealkylation sites (tertiary alicyclic amines) is 2. The summed E-state index contributed by atoms with van der Waals surface area (Å²) in [6, 6.07) is 6.37. The van der Waals surface area contributed by atoms with E-state index in [1.165, 1.54) is 10.6 Å². The Bertz CT molecular complexity index is 915. The number of rotatable bonds is 3. The Hall–Kier alpha value is -2.40. The van der Waals surface area contributed by atoms with Crippen molar-refractivity contribution >= 4 is 23.2 Å². The van der Waals surface area contributed by atoms with Gasteiger partial charge in [0.15, 0.2) is 0 Å². The van der Waals surface area contributed by atoms with Crippen LogP contribution < -0.4 is 0 Å². The fourth-order valence-electron chi connectivity index (χ4n) is 4.54. The van der Waals surface area contributed by atoms with Crippen LogP contribution in [0.15, 0.2) is 29.8 Å². The SMILES string of the molecule is CN1CCC[C@]2(CN(Cc3cccs3)C[C@H]2c2ccnn2C)C1=O.O=C(O)C(F)(F)F. The number of carboxylic acid groups (broad SMARTS) is 1. The molecule has 2 fully saturated rings. The zero-order valence-corrected chi connectivity index (χ0v) is 18.1. The van der Waals surface area contributed by atoms with Gasteiger partial charge in [0, 0.05) is 63.0 Å². The van der Waals surface area contributed by atoms with E-state index in [1.54, 1.807) is 11.3 Å². The highest BCUT2D eigenvalue weighted by Gasteiger charge is 2.55. The average Bonchev–Trinajstić information content (AvgIpc) is 3.41. The van der Waals surface area contributed by atoms with Gasteiger partial charge < -0.3 is 10.0 Å². The third kappa shape index (κ3) is 4.93. The molecular formula is C20H25F3N4O3S. The normalized spacial score (nSPS) is 24.4. The monoisotopic (exact) mass is 458 g/mol. The first-order valence-electron chi connectivity index (χ1n) is 9.83. The molecule has 7 nitrogen and oxygen atoms in total. The number of aliphatic carboxylic acids is 1. The maximum absolute atomic E-state index is 13.2. The molecule has 0 aromatic carbocycles. The standard InChI is InChI=1S/C18H24N4OS.C2HF3O2/c1-20-9-4-7-18(17(20)23)13-22(11-14-5-3-10-24-14)12-15(18)16-6-8-19-21(16)2;3-2(4,5)1(6)7/h3,5-6,8,10,15H,4,7,9,11-13H2,1-2H3;(H,6,7)/t15-,18+;/m0./s1. The molecule has 0 saturated carbocycles. The number of hydrogen-bond acceptors (Lipinski definition) is 5. The Balaban J connectivity index is 0.000000339. The molecule has 2 saturated heterocycles. The highest BCUT2D eigenvalue weighted by atomic mass is 32.1. The smallest absolute Gasteiger partial charge is 0.475 e. The second-order valence-electron chi connectivity index (χ2n) is 7.97. The Morgan fingerprint density at radius 1 is 1.35 bits per heavy atom. The Labute approximate surface area is 182 Å². The number of piperidine rings is 1. The van der Waals surface area contributed by atoms with Gasteiger partial charge in [0.2, 0.25) is 5.91 Å². The molecule has 1 spiro atoms. The highest BCUT2D eigenvalue weighted by Crippen LogP contribution is 2.49. The summed E-state index contributed by atoms with van der Waals surface area (Å²) in [7, 11) is 3.94. The predicted molar refractivity (Wildman–Crippen MR) is 109 cm³/mol. The van der Waals surface area contributed by atoms with Crippen molar-refractivity contribution in [1.82, 2.24) is 19.6 Å². The summed E-state index contributed by atoms with van der Waals surface area (Å²) in [5.74, 6) is -2.22. The van der Waals surface area contributed by atoms with E-state index < -0.39 is 12.1 Å². The lowest BCUT2D eigenvalue weighted by molar-refractivity contribution is -0.192. The number of nitrogens with zero attached hydrogens (tertiary/aromatic N) is 4. The third-order valence-electron chi connectivity index (χ3n) is 5.92. The molecule has 1 N–H and O–H groups in total. The predicted octanol–water partition coefficient (Wildman–Crippen LogP) is 2.95. The molecule has 0 aliphatic carbocycles. The van der Waals surface area contributed by atoms with E-state index in [4.69, 9.17) is 9.90 Å². The highest BCUT2D eigenvalue weighted by molar-refractivity contribution is 7.09. The molecule has 4 rings (SSSR count). The van der Waals surface area contributed by atoms with E-state index in [-0.39, 0.29) is 11.3 Å². The van der Waals surface area contributed by atoms with Gasteiger partial charge in [-0.25, -0.2) is 4.79 Å². The number of hydrogen-bond donors (Lipinski definition) is 1. The molecule has 4 heterocycles. The van der Waals surface area contributed by atoms with Gasteiger partial charge in [0.25, 0.3) is 0 Å². The zero-order valence-electron chi connectivity index (χ0n) is 17.3. The summed E-state index contributed by atoms with van der Waals surface area (Å²) in [6.07, 6.45) is -1.17. The number of thiophene rings is 1. The van der Waals surface area contributed by atoms with Crippen LogP contribution >= 0.6 is 11.3 Å². The van der Waals surface area contributed by atoms with Crippen LogP contribution in [0.25, 0.3) is 0 Å². The molecule has 0 bridgehead atoms. The summed E-state index contributed by atoms with van der Waals surface area (Å²) >= 11 is 1.79. The van der Waals surface area contributed by atoms with Crippen molar-refractivity contribution in [2.24, 2.45) is 12.5 Å². The number of amides is 1. The molecule has 170 valence electrons. The van der Waals surface area contributed by atoms with E-state index in [0.29, 0.717) is 5.91 Å². The van der Waals surface area contributed by atoms with Gasteiger partial charge in [-0.1, -0.05) is 6.07 Å². The van der Waals surface area contributed by atoms with Crippen molar-refractivity contribution in [2.45, 2.75) is 31.5 Å². The summed E-state index contributed by atoms with van der Waals surface area (Å²) in [6.45, 7) is 3.59. The summed E-state index contributed by atoms with van der Waals surface area (Å²) in [4.78, 5) is 27.8. The fraction of sp³-hybridized carbons (Fsp3) is 0.550. The third-order valence-corrected chi connectivity index (χ3v) is 6.78. The number of carbonyl (C=O) groups is 2. The largest absolute Gasteiger partial charge is 0.490 e. The number of carbonyl (C=O) groups excluding carboxylic acids is 1. The van der Waals surface area contributed by atoms with E-state index in [9.17, 15) is 18.0 Å². The van der Waals surface area contributed by atoms with Crippen LogP contribution in [0.1, 0.15) is 29.3 Å². The topological polar surface area (TPSA) is 78.7 Å². The molecule has 11 heteroatoms. The van der Waals surface area contributed by atoms with Crippen molar-refractivity contribution in [3.05, 3.63) is 40.3 Å². The van der Waals surface area contributed by atoms with Crippen LogP contribution in [0.2, 0.25) is 0 Å². The Kier molecular flexibility index (Phi) is 6.75. The van der Waals surface area contributed by atoms with Crippen molar-refractivity contribution in [1.29, 1.82) is 0 Å². The average molecular weight is 459 g/mol. The second-order valence-corrected chi connectivity index (χ2v) is 9.00. The van der Waals surface area contributed by atoms with Crippen LogP contribution in [-0.4, -0.2) is 69.4 Å². The number of halogens is 3. The van der Waals surface area contributed by atoms with Gasteiger partial charge in [-0.05, 0) is 30.4 Å². The van der Waals surface area contributed by atoms with Crippen molar-refractivity contribution in [3.8, 4) is 0 Å². The number of alkyl halides is 3. The van der Waals surface area contributed by atoms with Crippen molar-refractivity contribution in [3.63, 3.8) is 0 Å².